The monoisotopic (exact) mass is 806 g/mol. The Bertz CT molecular complexity index is 2670. The first kappa shape index (κ1) is 38.2. The van der Waals surface area contributed by atoms with Gasteiger partial charge in [-0.25, -0.2) is 27.5 Å². The van der Waals surface area contributed by atoms with Crippen LogP contribution in [0.2, 0.25) is 0 Å². The molecule has 0 aliphatic carbocycles. The maximum Gasteiger partial charge on any atom is 0.128 e. The number of halogens is 4. The number of nitrogens with zero attached hydrogens (tertiary/aromatic N) is 2. The normalized spacial score (nSPS) is 15.1. The Kier molecular flexibility index (Phi) is 10.3. The molecule has 10 rings (SSSR count). The molecule has 6 N–H and O–H groups in total. The molecule has 8 aromatic rings. The van der Waals surface area contributed by atoms with Crippen LogP contribution in [0.25, 0.3) is 21.8 Å². The number of aromatic nitrogens is 2. The lowest BCUT2D eigenvalue weighted by atomic mass is 9.92. The number of hydrogen-bond donors (Lipinski definition) is 4. The molecule has 300 valence electrons. The summed E-state index contributed by atoms with van der Waals surface area (Å²) in [7, 11) is 0. The quantitative estimate of drug-likeness (QED) is 0.112. The van der Waals surface area contributed by atoms with Crippen molar-refractivity contribution in [3.05, 3.63) is 190 Å². The first-order chi connectivity index (χ1) is 29.2. The lowest BCUT2D eigenvalue weighted by molar-refractivity contribution is 0.343. The summed E-state index contributed by atoms with van der Waals surface area (Å²) in [6.45, 7) is 1.58. The number of nitrogen functional groups attached to an aromatic ring is 2. The molecule has 2 aliphatic heterocycles. The Hall–Kier alpha value is -7.34. The van der Waals surface area contributed by atoms with E-state index in [9.17, 15) is 17.6 Å². The topological polar surface area (TPSA) is 120 Å². The minimum absolute atomic E-state index is 0.00321. The van der Waals surface area contributed by atoms with E-state index >= 15 is 0 Å². The molecule has 0 spiro atoms. The molecule has 2 aromatic heterocycles. The van der Waals surface area contributed by atoms with Gasteiger partial charge in [0.2, 0.25) is 0 Å². The zero-order valence-corrected chi connectivity index (χ0v) is 32.1. The molecular formula is C48H38F4N6O2. The number of hydrogen-bond acceptors (Lipinski definition) is 8. The van der Waals surface area contributed by atoms with Crippen LogP contribution in [-0.2, 0) is 13.1 Å². The van der Waals surface area contributed by atoms with Crippen LogP contribution in [0.15, 0.2) is 133 Å². The number of pyridine rings is 2. The molecule has 0 radical (unpaired) electrons. The summed E-state index contributed by atoms with van der Waals surface area (Å²) < 4.78 is 65.6. The first-order valence-corrected chi connectivity index (χ1v) is 19.4. The van der Waals surface area contributed by atoms with E-state index in [0.29, 0.717) is 36.0 Å². The van der Waals surface area contributed by atoms with Crippen molar-refractivity contribution in [1.29, 1.82) is 0 Å². The van der Waals surface area contributed by atoms with Gasteiger partial charge in [-0.15, -0.1) is 0 Å². The second-order valence-corrected chi connectivity index (χ2v) is 14.7. The number of benzene rings is 6. The fraction of sp³-hybridized carbons (Fsp3) is 0.125. The Morgan fingerprint density at radius 2 is 0.883 bits per heavy atom. The molecule has 0 amide bonds. The lowest BCUT2D eigenvalue weighted by Crippen LogP contribution is -2.08. The van der Waals surface area contributed by atoms with Crippen LogP contribution in [0.5, 0.6) is 11.5 Å². The van der Waals surface area contributed by atoms with Crippen LogP contribution >= 0.6 is 0 Å². The summed E-state index contributed by atoms with van der Waals surface area (Å²) in [6, 6.07) is 38.2. The molecule has 0 saturated carbocycles. The zero-order valence-electron chi connectivity index (χ0n) is 32.1. The highest BCUT2D eigenvalue weighted by molar-refractivity contribution is 5.94. The zero-order chi connectivity index (χ0) is 41.3. The summed E-state index contributed by atoms with van der Waals surface area (Å²) >= 11 is 0. The predicted octanol–water partition coefficient (Wildman–Crippen LogP) is 10.5. The molecule has 0 fully saturated rings. The van der Waals surface area contributed by atoms with Gasteiger partial charge < -0.3 is 31.6 Å². The Morgan fingerprint density at radius 3 is 1.30 bits per heavy atom. The second kappa shape index (κ2) is 16.1. The molecule has 0 bridgehead atoms. The number of nitrogens with two attached hydrogens (primary N) is 2. The molecule has 4 heterocycles. The Labute approximate surface area is 342 Å². The van der Waals surface area contributed by atoms with Crippen molar-refractivity contribution >= 4 is 44.8 Å². The average Bonchev–Trinajstić information content (AvgIpc) is 3.86. The van der Waals surface area contributed by atoms with Crippen LogP contribution in [-0.4, -0.2) is 23.2 Å². The van der Waals surface area contributed by atoms with Gasteiger partial charge >= 0.3 is 0 Å². The van der Waals surface area contributed by atoms with E-state index in [-0.39, 0.29) is 24.9 Å². The van der Waals surface area contributed by atoms with E-state index in [4.69, 9.17) is 20.9 Å². The number of nitrogens with one attached hydrogen (secondary N) is 2. The van der Waals surface area contributed by atoms with E-state index in [1.165, 1.54) is 24.3 Å². The van der Waals surface area contributed by atoms with Crippen LogP contribution in [0, 0.1) is 23.3 Å². The lowest BCUT2D eigenvalue weighted by Gasteiger charge is -2.16. The highest BCUT2D eigenvalue weighted by Gasteiger charge is 2.29. The van der Waals surface area contributed by atoms with Crippen LogP contribution in [0.1, 0.15) is 45.2 Å². The standard InChI is InChI=1S/2C24H19F2N3O/c2*25-15-8-14(9-16(26)10-15)12-28-21-5-3-6-22-19(21)11-18(24(27)29-22)20-13-30-23-7-2-1-4-17(20)23/h2*1-11,20,28H,12-13H2,(H2,27,29). The van der Waals surface area contributed by atoms with Crippen molar-refractivity contribution in [2.75, 3.05) is 35.3 Å². The van der Waals surface area contributed by atoms with Crippen LogP contribution in [0.4, 0.5) is 40.6 Å². The van der Waals surface area contributed by atoms with Crippen LogP contribution < -0.4 is 31.6 Å². The van der Waals surface area contributed by atoms with Crippen molar-refractivity contribution in [2.24, 2.45) is 0 Å². The molecule has 6 aromatic carbocycles. The first-order valence-electron chi connectivity index (χ1n) is 19.4. The molecule has 8 nitrogen and oxygen atoms in total. The van der Waals surface area contributed by atoms with Crippen LogP contribution in [0.3, 0.4) is 0 Å². The number of ether oxygens (including phenoxy) is 2. The molecule has 2 unspecified atom stereocenters. The van der Waals surface area contributed by atoms with Crippen molar-refractivity contribution < 1.29 is 27.0 Å². The van der Waals surface area contributed by atoms with E-state index in [1.54, 1.807) is 0 Å². The fourth-order valence-electron chi connectivity index (χ4n) is 7.98. The van der Waals surface area contributed by atoms with Gasteiger partial charge in [-0.2, -0.15) is 0 Å². The summed E-state index contributed by atoms with van der Waals surface area (Å²) in [5, 5.41) is 8.32. The third kappa shape index (κ3) is 7.79. The van der Waals surface area contributed by atoms with Gasteiger partial charge in [0.25, 0.3) is 0 Å². The number of para-hydroxylation sites is 2. The molecular weight excluding hydrogens is 769 g/mol. The summed E-state index contributed by atoms with van der Waals surface area (Å²) in [5.41, 5.74) is 20.8. The van der Waals surface area contributed by atoms with Gasteiger partial charge in [-0.05, 0) is 83.9 Å². The maximum absolute atomic E-state index is 13.5. The molecule has 2 aliphatic rings. The number of anilines is 4. The highest BCUT2D eigenvalue weighted by Crippen LogP contribution is 2.42. The minimum Gasteiger partial charge on any atom is -0.492 e. The van der Waals surface area contributed by atoms with E-state index in [2.05, 4.69) is 20.6 Å². The van der Waals surface area contributed by atoms with Crippen molar-refractivity contribution in [1.82, 2.24) is 9.97 Å². The van der Waals surface area contributed by atoms with Gasteiger partial charge in [0.1, 0.15) is 46.4 Å². The van der Waals surface area contributed by atoms with Crippen molar-refractivity contribution in [3.8, 4) is 11.5 Å². The van der Waals surface area contributed by atoms with E-state index in [0.717, 1.165) is 79.1 Å². The van der Waals surface area contributed by atoms with Gasteiger partial charge in [0.15, 0.2) is 0 Å². The summed E-state index contributed by atoms with van der Waals surface area (Å²) in [4.78, 5) is 9.20. The molecule has 0 saturated heterocycles. The number of fused-ring (bicyclic) bond motifs is 4. The van der Waals surface area contributed by atoms with Gasteiger partial charge in [-0.1, -0.05) is 48.5 Å². The largest absolute Gasteiger partial charge is 0.492 e. The van der Waals surface area contributed by atoms with Crippen molar-refractivity contribution in [2.45, 2.75) is 24.9 Å². The minimum atomic E-state index is -0.596. The fourth-order valence-corrected chi connectivity index (χ4v) is 7.98. The van der Waals surface area contributed by atoms with Crippen molar-refractivity contribution in [3.63, 3.8) is 0 Å². The molecule has 12 heteroatoms. The SMILES string of the molecule is Nc1nc2cccc(NCc3cc(F)cc(F)c3)c2cc1C1COc2ccccc21.Nc1nc2cccc(NCc3cc(F)cc(F)c3)c2cc1C1COc2ccccc21. The third-order valence-corrected chi connectivity index (χ3v) is 10.8. The predicted molar refractivity (Wildman–Crippen MR) is 227 cm³/mol. The maximum atomic E-state index is 13.5. The summed E-state index contributed by atoms with van der Waals surface area (Å²) in [5.74, 6) is 0.287. The van der Waals surface area contributed by atoms with E-state index < -0.39 is 23.3 Å². The van der Waals surface area contributed by atoms with Gasteiger partial charge in [0.05, 0.1) is 36.1 Å². The Morgan fingerprint density at radius 1 is 0.483 bits per heavy atom. The van der Waals surface area contributed by atoms with Gasteiger partial charge in [-0.3, -0.25) is 0 Å². The smallest absolute Gasteiger partial charge is 0.128 e. The summed E-state index contributed by atoms with van der Waals surface area (Å²) in [6.07, 6.45) is 0. The number of rotatable bonds is 8. The van der Waals surface area contributed by atoms with Gasteiger partial charge in [0, 0.05) is 69.6 Å². The second-order valence-electron chi connectivity index (χ2n) is 14.7. The average molecular weight is 807 g/mol. The third-order valence-electron chi connectivity index (χ3n) is 10.8. The highest BCUT2D eigenvalue weighted by atomic mass is 19.1. The molecule has 2 atom stereocenters. The Balaban J connectivity index is 0.000000154. The molecule has 60 heavy (non-hydrogen) atoms. The van der Waals surface area contributed by atoms with E-state index in [1.807, 2.05) is 97.1 Å².